The maximum atomic E-state index is 8.07. The van der Waals surface area contributed by atoms with Crippen molar-refractivity contribution in [2.24, 2.45) is 0 Å². The van der Waals surface area contributed by atoms with Gasteiger partial charge in [-0.15, -0.1) is 0 Å². The van der Waals surface area contributed by atoms with Crippen molar-refractivity contribution in [3.8, 4) is 0 Å². The van der Waals surface area contributed by atoms with Crippen molar-refractivity contribution >= 4 is 19.1 Å². The molecule has 0 fully saturated rings. The predicted octanol–water partition coefficient (Wildman–Crippen LogP) is 2.16. The molecule has 0 aromatic rings. The Morgan fingerprint density at radius 2 is 1.88 bits per heavy atom. The molecule has 0 atom stereocenters. The van der Waals surface area contributed by atoms with E-state index < -0.39 is 0 Å². The summed E-state index contributed by atoms with van der Waals surface area (Å²) in [6.07, 6.45) is 2.04. The van der Waals surface area contributed by atoms with E-state index in [1.165, 1.54) is 0 Å². The molecule has 4 heteroatoms. The molecule has 0 unspecified atom stereocenters. The van der Waals surface area contributed by atoms with Crippen LogP contribution in [0.15, 0.2) is 0 Å². The molecule has 0 heterocycles. The van der Waals surface area contributed by atoms with Crippen molar-refractivity contribution in [1.29, 1.82) is 0 Å². The second kappa shape index (κ2) is 15.7. The molecule has 0 saturated carbocycles. The second-order valence-electron chi connectivity index (χ2n) is 1.12. The van der Waals surface area contributed by atoms with Crippen LogP contribution in [0.4, 0.5) is 0 Å². The molecule has 0 radical (unpaired) electrons. The van der Waals surface area contributed by atoms with Crippen LogP contribution in [0.25, 0.3) is 0 Å². The average Bonchev–Trinajstić information content (AvgIpc) is 1.71. The van der Waals surface area contributed by atoms with Gasteiger partial charge in [0.2, 0.25) is 0 Å². The van der Waals surface area contributed by atoms with Crippen molar-refractivity contribution in [1.82, 2.24) is 0 Å². The summed E-state index contributed by atoms with van der Waals surface area (Å²) in [5, 5.41) is 8.07. The quantitative estimate of drug-likeness (QED) is 0.746. The zero-order valence-electron chi connectivity index (χ0n) is 4.64. The first kappa shape index (κ1) is 11.9. The summed E-state index contributed by atoms with van der Waals surface area (Å²) in [7, 11) is 9.63. The van der Waals surface area contributed by atoms with Gasteiger partial charge < -0.3 is 5.11 Å². The van der Waals surface area contributed by atoms with E-state index in [-0.39, 0.29) is 15.9 Å². The van der Waals surface area contributed by atoms with E-state index in [0.717, 1.165) is 12.8 Å². The standard InChI is InChI=1S/C4H10O.2ClH.Pd/c1-2-3-4-5;;;/h5H,2-4H2,1H3;2*1H;/q;;;+2/p-2. The van der Waals surface area contributed by atoms with Crippen molar-refractivity contribution in [3.05, 3.63) is 0 Å². The summed E-state index contributed by atoms with van der Waals surface area (Å²) in [6.45, 7) is 2.40. The number of hydrogen-bond donors (Lipinski definition) is 1. The molecule has 0 bridgehead atoms. The number of hydrogen-bond acceptors (Lipinski definition) is 1. The molecule has 0 spiro atoms. The SMILES string of the molecule is CCCCO.[Cl][Pd][Cl]. The Balaban J connectivity index is 0. The minimum atomic E-state index is -0.106. The topological polar surface area (TPSA) is 20.2 Å². The van der Waals surface area contributed by atoms with Crippen molar-refractivity contribution in [3.63, 3.8) is 0 Å². The van der Waals surface area contributed by atoms with Crippen LogP contribution < -0.4 is 0 Å². The van der Waals surface area contributed by atoms with Gasteiger partial charge in [-0.25, -0.2) is 0 Å². The fourth-order valence-corrected chi connectivity index (χ4v) is 0.158. The van der Waals surface area contributed by atoms with Gasteiger partial charge in [0.1, 0.15) is 0 Å². The van der Waals surface area contributed by atoms with Gasteiger partial charge >= 0.3 is 35.0 Å². The van der Waals surface area contributed by atoms with Crippen LogP contribution in [-0.2, 0) is 15.9 Å². The molecule has 0 aliphatic carbocycles. The van der Waals surface area contributed by atoms with Crippen LogP contribution >= 0.6 is 19.1 Å². The van der Waals surface area contributed by atoms with Gasteiger partial charge in [-0.3, -0.25) is 0 Å². The summed E-state index contributed by atoms with van der Waals surface area (Å²) >= 11 is -0.106. The molecule has 56 valence electrons. The third-order valence-corrected chi connectivity index (χ3v) is 0.512. The van der Waals surface area contributed by atoms with Gasteiger partial charge in [-0.2, -0.15) is 0 Å². The normalized spacial score (nSPS) is 8.00. The predicted molar refractivity (Wildman–Crippen MR) is 33.7 cm³/mol. The molecule has 1 nitrogen and oxygen atoms in total. The van der Waals surface area contributed by atoms with E-state index in [1.54, 1.807) is 0 Å². The minimum absolute atomic E-state index is 0.106. The number of unbranched alkanes of at least 4 members (excludes halogenated alkanes) is 1. The third-order valence-electron chi connectivity index (χ3n) is 0.512. The van der Waals surface area contributed by atoms with Gasteiger partial charge in [0, 0.05) is 6.61 Å². The van der Waals surface area contributed by atoms with Crippen LogP contribution in [0.5, 0.6) is 0 Å². The monoisotopic (exact) mass is 250 g/mol. The Hall–Kier alpha value is 1.20. The first-order valence-corrected chi connectivity index (χ1v) is 6.27. The average molecular weight is 251 g/mol. The molecule has 0 amide bonds. The van der Waals surface area contributed by atoms with Crippen LogP contribution in [0.3, 0.4) is 0 Å². The Labute approximate surface area is 66.5 Å². The Morgan fingerprint density at radius 3 is 1.88 bits per heavy atom. The van der Waals surface area contributed by atoms with Gasteiger partial charge in [0.15, 0.2) is 0 Å². The fourth-order valence-electron chi connectivity index (χ4n) is 0.158. The molecule has 8 heavy (non-hydrogen) atoms. The number of halogens is 2. The van der Waals surface area contributed by atoms with Gasteiger partial charge in [-0.1, -0.05) is 13.3 Å². The third kappa shape index (κ3) is 27.0. The summed E-state index contributed by atoms with van der Waals surface area (Å²) in [5.74, 6) is 0. The maximum absolute atomic E-state index is 8.07. The molecule has 0 aromatic carbocycles. The molecule has 1 N–H and O–H groups in total. The first-order chi connectivity index (χ1) is 3.83. The van der Waals surface area contributed by atoms with Gasteiger partial charge in [-0.05, 0) is 6.42 Å². The number of rotatable bonds is 2. The van der Waals surface area contributed by atoms with E-state index >= 15 is 0 Å². The zero-order chi connectivity index (χ0) is 6.83. The van der Waals surface area contributed by atoms with Gasteiger partial charge in [0.05, 0.1) is 0 Å². The van der Waals surface area contributed by atoms with E-state index in [1.807, 2.05) is 0 Å². The summed E-state index contributed by atoms with van der Waals surface area (Å²) < 4.78 is 0. The fraction of sp³-hybridized carbons (Fsp3) is 1.00. The zero-order valence-corrected chi connectivity index (χ0v) is 7.71. The van der Waals surface area contributed by atoms with E-state index in [9.17, 15) is 0 Å². The van der Waals surface area contributed by atoms with Crippen molar-refractivity contribution in [2.75, 3.05) is 6.61 Å². The Bertz CT molecular complexity index is 28.0. The number of aliphatic hydroxyl groups excluding tert-OH is 1. The Morgan fingerprint density at radius 1 is 1.50 bits per heavy atom. The second-order valence-corrected chi connectivity index (χ2v) is 3.48. The molecule has 0 saturated heterocycles. The molecule has 0 rings (SSSR count). The van der Waals surface area contributed by atoms with Crippen LogP contribution in [0.1, 0.15) is 19.8 Å². The molecular weight excluding hydrogens is 241 g/mol. The van der Waals surface area contributed by atoms with E-state index in [2.05, 4.69) is 6.92 Å². The van der Waals surface area contributed by atoms with E-state index in [4.69, 9.17) is 24.2 Å². The van der Waals surface area contributed by atoms with Crippen LogP contribution in [-0.4, -0.2) is 11.7 Å². The van der Waals surface area contributed by atoms with Crippen molar-refractivity contribution < 1.29 is 21.0 Å². The summed E-state index contributed by atoms with van der Waals surface area (Å²) in [4.78, 5) is 0. The molecular formula is C4H10Cl2OPd. The van der Waals surface area contributed by atoms with Crippen LogP contribution in [0, 0.1) is 0 Å². The molecule has 0 aromatic heterocycles. The molecule has 0 aliphatic rings. The number of aliphatic hydroxyl groups is 1. The first-order valence-electron chi connectivity index (χ1n) is 2.26. The summed E-state index contributed by atoms with van der Waals surface area (Å²) in [5.41, 5.74) is 0. The van der Waals surface area contributed by atoms with Gasteiger partial charge in [0.25, 0.3) is 0 Å². The van der Waals surface area contributed by atoms with Crippen LogP contribution in [0.2, 0.25) is 0 Å². The summed E-state index contributed by atoms with van der Waals surface area (Å²) in [6, 6.07) is 0. The Kier molecular flexibility index (Phi) is 23.5. The molecule has 0 aliphatic heterocycles. The van der Waals surface area contributed by atoms with E-state index in [0.29, 0.717) is 6.61 Å². The van der Waals surface area contributed by atoms with Crippen molar-refractivity contribution in [2.45, 2.75) is 19.8 Å².